The molecule has 0 saturated heterocycles. The molecule has 5 nitrogen and oxygen atoms in total. The van der Waals surface area contributed by atoms with Gasteiger partial charge in [-0.15, -0.1) is 0 Å². The molecule has 0 amide bonds. The molecule has 2 N–H and O–H groups in total. The fourth-order valence-corrected chi connectivity index (χ4v) is 2.10. The Hall–Kier alpha value is -1.63. The molecule has 21 heavy (non-hydrogen) atoms. The molecule has 6 heteroatoms. The fourth-order valence-electron chi connectivity index (χ4n) is 1.76. The first-order valence-electron chi connectivity index (χ1n) is 6.69. The summed E-state index contributed by atoms with van der Waals surface area (Å²) < 4.78 is 5.60. The number of nitrogens with one attached hydrogen (secondary N) is 1. The Labute approximate surface area is 128 Å². The number of aliphatic hydroxyl groups is 1. The van der Waals surface area contributed by atoms with E-state index in [9.17, 15) is 5.11 Å². The van der Waals surface area contributed by atoms with E-state index in [1.807, 2.05) is 36.6 Å². The van der Waals surface area contributed by atoms with E-state index in [-0.39, 0.29) is 6.61 Å². The number of hydrogen-bond acceptors (Lipinski definition) is 6. The third kappa shape index (κ3) is 5.00. The first-order chi connectivity index (χ1) is 10.3. The standard InChI is InChI=1S/C15H19N3O2S/c1-21-15-17-9-13(10-19)14(18-15)16-7-8-20-11-12-5-3-2-4-6-12/h2-6,9,19H,7-8,10-11H2,1H3,(H,16,17,18). The molecular formula is C15H19N3O2S. The van der Waals surface area contributed by atoms with Crippen LogP contribution in [0.4, 0.5) is 5.82 Å². The Bertz CT molecular complexity index is 552. The molecule has 0 aliphatic carbocycles. The van der Waals surface area contributed by atoms with Gasteiger partial charge >= 0.3 is 0 Å². The summed E-state index contributed by atoms with van der Waals surface area (Å²) in [5.41, 5.74) is 1.84. The maximum absolute atomic E-state index is 9.28. The van der Waals surface area contributed by atoms with Gasteiger partial charge in [-0.05, 0) is 11.8 Å². The van der Waals surface area contributed by atoms with Gasteiger partial charge in [-0.1, -0.05) is 42.1 Å². The van der Waals surface area contributed by atoms with Crippen molar-refractivity contribution in [1.29, 1.82) is 0 Å². The molecule has 0 bridgehead atoms. The van der Waals surface area contributed by atoms with Crippen LogP contribution in [-0.2, 0) is 18.0 Å². The van der Waals surface area contributed by atoms with Crippen LogP contribution in [0.3, 0.4) is 0 Å². The highest BCUT2D eigenvalue weighted by molar-refractivity contribution is 7.98. The average Bonchev–Trinajstić information content (AvgIpc) is 2.55. The summed E-state index contributed by atoms with van der Waals surface area (Å²) >= 11 is 1.47. The van der Waals surface area contributed by atoms with Gasteiger partial charge < -0.3 is 15.2 Å². The van der Waals surface area contributed by atoms with Gasteiger partial charge in [0.2, 0.25) is 0 Å². The molecule has 0 saturated carbocycles. The van der Waals surface area contributed by atoms with Crippen LogP contribution in [0.25, 0.3) is 0 Å². The van der Waals surface area contributed by atoms with E-state index in [1.165, 1.54) is 11.8 Å². The fraction of sp³-hybridized carbons (Fsp3) is 0.333. The Balaban J connectivity index is 1.78. The predicted octanol–water partition coefficient (Wildman–Crippen LogP) is 2.32. The van der Waals surface area contributed by atoms with E-state index in [2.05, 4.69) is 15.3 Å². The van der Waals surface area contributed by atoms with E-state index in [0.717, 1.165) is 5.56 Å². The second-order valence-electron chi connectivity index (χ2n) is 4.35. The molecule has 0 radical (unpaired) electrons. The topological polar surface area (TPSA) is 67.3 Å². The first-order valence-corrected chi connectivity index (χ1v) is 7.92. The lowest BCUT2D eigenvalue weighted by atomic mass is 10.2. The molecule has 1 heterocycles. The van der Waals surface area contributed by atoms with Gasteiger partial charge in [0.25, 0.3) is 0 Å². The van der Waals surface area contributed by atoms with Gasteiger partial charge in [0.05, 0.1) is 19.8 Å². The third-order valence-corrected chi connectivity index (χ3v) is 3.41. The zero-order chi connectivity index (χ0) is 14.9. The molecular weight excluding hydrogens is 286 g/mol. The summed E-state index contributed by atoms with van der Waals surface area (Å²) in [4.78, 5) is 8.48. The summed E-state index contributed by atoms with van der Waals surface area (Å²) in [5, 5.41) is 13.1. The van der Waals surface area contributed by atoms with Crippen LogP contribution in [0.15, 0.2) is 41.7 Å². The van der Waals surface area contributed by atoms with Crippen LogP contribution < -0.4 is 5.32 Å². The van der Waals surface area contributed by atoms with Crippen molar-refractivity contribution in [1.82, 2.24) is 9.97 Å². The zero-order valence-corrected chi connectivity index (χ0v) is 12.8. The first kappa shape index (κ1) is 15.8. The molecule has 2 rings (SSSR count). The molecule has 112 valence electrons. The molecule has 0 spiro atoms. The molecule has 0 atom stereocenters. The minimum Gasteiger partial charge on any atom is -0.391 e. The van der Waals surface area contributed by atoms with Crippen LogP contribution in [-0.4, -0.2) is 34.5 Å². The van der Waals surface area contributed by atoms with Crippen LogP contribution in [0.1, 0.15) is 11.1 Å². The highest BCUT2D eigenvalue weighted by Crippen LogP contribution is 2.16. The summed E-state index contributed by atoms with van der Waals surface area (Å²) in [7, 11) is 0. The summed E-state index contributed by atoms with van der Waals surface area (Å²) in [6.45, 7) is 1.71. The highest BCUT2D eigenvalue weighted by Gasteiger charge is 2.05. The van der Waals surface area contributed by atoms with Crippen molar-refractivity contribution in [2.45, 2.75) is 18.4 Å². The Morgan fingerprint density at radius 2 is 2.10 bits per heavy atom. The van der Waals surface area contributed by atoms with Crippen LogP contribution >= 0.6 is 11.8 Å². The van der Waals surface area contributed by atoms with E-state index in [4.69, 9.17) is 4.74 Å². The number of hydrogen-bond donors (Lipinski definition) is 2. The molecule has 1 aromatic heterocycles. The molecule has 0 aliphatic heterocycles. The quantitative estimate of drug-likeness (QED) is 0.443. The van der Waals surface area contributed by atoms with Crippen molar-refractivity contribution in [2.75, 3.05) is 24.7 Å². The number of thioether (sulfide) groups is 1. The summed E-state index contributed by atoms with van der Waals surface area (Å²) in [6, 6.07) is 10.0. The number of benzene rings is 1. The highest BCUT2D eigenvalue weighted by atomic mass is 32.2. The Kier molecular flexibility index (Phi) is 6.46. The zero-order valence-electron chi connectivity index (χ0n) is 12.0. The largest absolute Gasteiger partial charge is 0.391 e. The third-order valence-electron chi connectivity index (χ3n) is 2.85. The van der Waals surface area contributed by atoms with Gasteiger partial charge in [-0.2, -0.15) is 0 Å². The summed E-state index contributed by atoms with van der Waals surface area (Å²) in [6.07, 6.45) is 3.56. The van der Waals surface area contributed by atoms with Crippen LogP contribution in [0.5, 0.6) is 0 Å². The normalized spacial score (nSPS) is 10.6. The van der Waals surface area contributed by atoms with Crippen molar-refractivity contribution >= 4 is 17.6 Å². The van der Waals surface area contributed by atoms with Gasteiger partial charge in [-0.25, -0.2) is 9.97 Å². The second kappa shape index (κ2) is 8.61. The van der Waals surface area contributed by atoms with E-state index >= 15 is 0 Å². The van der Waals surface area contributed by atoms with Crippen LogP contribution in [0, 0.1) is 0 Å². The molecule has 0 aliphatic rings. The average molecular weight is 305 g/mol. The molecule has 0 fully saturated rings. The number of aliphatic hydroxyl groups excluding tert-OH is 1. The Morgan fingerprint density at radius 3 is 2.81 bits per heavy atom. The van der Waals surface area contributed by atoms with Gasteiger partial charge in [0.15, 0.2) is 5.16 Å². The molecule has 1 aromatic carbocycles. The van der Waals surface area contributed by atoms with Gasteiger partial charge in [0, 0.05) is 18.3 Å². The van der Waals surface area contributed by atoms with Crippen molar-refractivity contribution in [2.24, 2.45) is 0 Å². The molecule has 2 aromatic rings. The lowest BCUT2D eigenvalue weighted by Gasteiger charge is -2.10. The number of nitrogens with zero attached hydrogens (tertiary/aromatic N) is 2. The van der Waals surface area contributed by atoms with Gasteiger partial charge in [0.1, 0.15) is 5.82 Å². The monoisotopic (exact) mass is 305 g/mol. The van der Waals surface area contributed by atoms with Crippen LogP contribution in [0.2, 0.25) is 0 Å². The number of rotatable bonds is 8. The SMILES string of the molecule is CSc1ncc(CO)c(NCCOCc2ccccc2)n1. The minimum absolute atomic E-state index is 0.0815. The van der Waals surface area contributed by atoms with Crippen molar-refractivity contribution in [3.63, 3.8) is 0 Å². The number of aromatic nitrogens is 2. The van der Waals surface area contributed by atoms with E-state index in [0.29, 0.717) is 36.3 Å². The van der Waals surface area contributed by atoms with E-state index < -0.39 is 0 Å². The van der Waals surface area contributed by atoms with Crippen molar-refractivity contribution in [3.05, 3.63) is 47.7 Å². The Morgan fingerprint density at radius 1 is 1.29 bits per heavy atom. The lowest BCUT2D eigenvalue weighted by molar-refractivity contribution is 0.130. The van der Waals surface area contributed by atoms with E-state index in [1.54, 1.807) is 6.20 Å². The number of anilines is 1. The molecule has 0 unspecified atom stereocenters. The van der Waals surface area contributed by atoms with Gasteiger partial charge in [-0.3, -0.25) is 0 Å². The predicted molar refractivity (Wildman–Crippen MR) is 84.3 cm³/mol. The maximum atomic E-state index is 9.28. The second-order valence-corrected chi connectivity index (χ2v) is 5.13. The van der Waals surface area contributed by atoms with Crippen molar-refractivity contribution in [3.8, 4) is 0 Å². The minimum atomic E-state index is -0.0815. The maximum Gasteiger partial charge on any atom is 0.189 e. The van der Waals surface area contributed by atoms with Crippen molar-refractivity contribution < 1.29 is 9.84 Å². The smallest absolute Gasteiger partial charge is 0.189 e. The summed E-state index contributed by atoms with van der Waals surface area (Å²) in [5.74, 6) is 0.667. The lowest BCUT2D eigenvalue weighted by Crippen LogP contribution is -2.12. The number of ether oxygens (including phenoxy) is 1.